The molecule has 3 N–H and O–H groups in total. The first-order chi connectivity index (χ1) is 13.5. The van der Waals surface area contributed by atoms with Gasteiger partial charge in [0.15, 0.2) is 0 Å². The molecule has 0 fully saturated rings. The molecular formula is C13H19F3N2O9P2. The lowest BCUT2D eigenvalue weighted by Gasteiger charge is -2.11. The number of alkyl halides is 3. The average molecular weight is 468 g/mol. The van der Waals surface area contributed by atoms with Crippen molar-refractivity contribution in [2.45, 2.75) is 32.9 Å². The second kappa shape index (κ2) is 11.5. The van der Waals surface area contributed by atoms with Crippen LogP contribution in [0.25, 0.3) is 5.53 Å². The number of phosphoric acid groups is 2. The Kier molecular flexibility index (Phi) is 10.1. The normalized spacial score (nSPS) is 17.0. The predicted molar refractivity (Wildman–Crippen MR) is 91.3 cm³/mol. The summed E-state index contributed by atoms with van der Waals surface area (Å²) >= 11 is 0. The molecule has 0 saturated carbocycles. The Bertz CT molecular complexity index is 834. The number of allylic oxidation sites excluding steroid dienone is 2. The molecule has 0 amide bonds. The van der Waals surface area contributed by atoms with Crippen LogP contribution < -0.4 is 0 Å². The van der Waals surface area contributed by atoms with E-state index in [0.29, 0.717) is 11.1 Å². The molecule has 2 unspecified atom stereocenters. The summed E-state index contributed by atoms with van der Waals surface area (Å²) < 4.78 is 78.5. The molecule has 0 rings (SSSR count). The number of esters is 1. The molecule has 0 radical (unpaired) electrons. The third kappa shape index (κ3) is 13.3. The third-order valence-electron chi connectivity index (χ3n) is 2.78. The van der Waals surface area contributed by atoms with Crippen molar-refractivity contribution < 1.29 is 61.5 Å². The maximum Gasteiger partial charge on any atom is 0.503 e. The summed E-state index contributed by atoms with van der Waals surface area (Å²) in [6.45, 7) is 0.673. The number of phosphoric ester groups is 1. The Morgan fingerprint density at radius 2 is 1.79 bits per heavy atom. The Morgan fingerprint density at radius 3 is 2.28 bits per heavy atom. The molecule has 2 atom stereocenters. The van der Waals surface area contributed by atoms with E-state index in [1.807, 2.05) is 4.79 Å². The molecule has 11 nitrogen and oxygen atoms in total. The van der Waals surface area contributed by atoms with Crippen LogP contribution in [0.4, 0.5) is 13.2 Å². The van der Waals surface area contributed by atoms with Gasteiger partial charge in [-0.25, -0.2) is 13.9 Å². The fraction of sp³-hybridized carbons (Fsp3) is 0.538. The van der Waals surface area contributed by atoms with Crippen LogP contribution in [0.2, 0.25) is 0 Å². The van der Waals surface area contributed by atoms with Crippen molar-refractivity contribution in [3.05, 3.63) is 28.8 Å². The lowest BCUT2D eigenvalue weighted by Crippen LogP contribution is -2.33. The summed E-state index contributed by atoms with van der Waals surface area (Å²) in [5.74, 6) is -1.85. The Morgan fingerprint density at radius 1 is 1.21 bits per heavy atom. The highest BCUT2D eigenvalue weighted by Gasteiger charge is 2.51. The summed E-state index contributed by atoms with van der Waals surface area (Å²) in [5, 5.41) is 0. The van der Waals surface area contributed by atoms with Crippen LogP contribution >= 0.6 is 15.6 Å². The summed E-state index contributed by atoms with van der Waals surface area (Å²) in [6, 6.07) is 0. The summed E-state index contributed by atoms with van der Waals surface area (Å²) in [6.07, 6.45) is -2.08. The van der Waals surface area contributed by atoms with Crippen LogP contribution in [0.1, 0.15) is 28.1 Å². The van der Waals surface area contributed by atoms with E-state index in [1.54, 1.807) is 0 Å². The van der Waals surface area contributed by atoms with Crippen LogP contribution in [0, 0.1) is 0 Å². The van der Waals surface area contributed by atoms with Crippen LogP contribution in [0.5, 0.6) is 0 Å². The zero-order valence-electron chi connectivity index (χ0n) is 16.1. The van der Waals surface area contributed by atoms with Crippen LogP contribution in [0.15, 0.2) is 23.3 Å². The first kappa shape index (κ1) is 25.4. The Balaban J connectivity index is 4.63. The zero-order valence-corrected chi connectivity index (χ0v) is 16.9. The molecule has 166 valence electrons. The van der Waals surface area contributed by atoms with Crippen molar-refractivity contribution in [1.82, 2.24) is 0 Å². The van der Waals surface area contributed by atoms with Gasteiger partial charge in [0.1, 0.15) is 6.61 Å². The minimum atomic E-state index is -5.31. The zero-order chi connectivity index (χ0) is 23.8. The van der Waals surface area contributed by atoms with Gasteiger partial charge in [0.2, 0.25) is 0 Å². The number of ether oxygens (including phenoxy) is 1. The van der Waals surface area contributed by atoms with Gasteiger partial charge in [-0.05, 0) is 32.3 Å². The number of nitrogens with zero attached hydrogens (tertiary/aromatic N) is 2. The summed E-state index contributed by atoms with van der Waals surface area (Å²) in [4.78, 5) is 39.1. The number of hydrogen-bond acceptors (Lipinski definition) is 6. The standard InChI is InChI=1S/C13H19F3N2O9P2/c1-9(6-7-26-29(23,24)27-28(20,21)22)4-3-5-10(2)8-25-12(19)11(18-17)13(14,15)16/h5-6H,3-4,7-8H2,1-2H3,(H,23,24)(H2,20,21,22)/b9-6+,10-5+/i7T. The first-order valence-electron chi connectivity index (χ1n) is 8.04. The van der Waals surface area contributed by atoms with E-state index < -0.39 is 46.7 Å². The van der Waals surface area contributed by atoms with Gasteiger partial charge in [0.05, 0.1) is 7.95 Å². The quantitative estimate of drug-likeness (QED) is 0.103. The molecule has 16 heteroatoms. The van der Waals surface area contributed by atoms with Gasteiger partial charge in [0, 0.05) is 0 Å². The molecule has 0 aliphatic carbocycles. The Hall–Kier alpha value is -1.62. The predicted octanol–water partition coefficient (Wildman–Crippen LogP) is 2.66. The molecule has 0 aliphatic rings. The van der Waals surface area contributed by atoms with Gasteiger partial charge < -0.3 is 24.9 Å². The molecule has 0 bridgehead atoms. The number of carbonyl (C=O) groups excluding carboxylic acids is 1. The second-order valence-electron chi connectivity index (χ2n) is 5.41. The molecule has 0 aromatic carbocycles. The minimum Gasteiger partial charge on any atom is -0.452 e. The molecule has 0 saturated heterocycles. The molecule has 29 heavy (non-hydrogen) atoms. The number of halogens is 3. The van der Waals surface area contributed by atoms with Gasteiger partial charge in [-0.2, -0.15) is 22.3 Å². The smallest absolute Gasteiger partial charge is 0.452 e. The Labute approximate surface area is 164 Å². The van der Waals surface area contributed by atoms with Crippen molar-refractivity contribution in [3.63, 3.8) is 0 Å². The van der Waals surface area contributed by atoms with Crippen LogP contribution in [-0.2, 0) is 27.5 Å². The van der Waals surface area contributed by atoms with Gasteiger partial charge in [-0.1, -0.05) is 17.7 Å². The molecule has 0 aromatic heterocycles. The van der Waals surface area contributed by atoms with Gasteiger partial charge in [-0.15, -0.1) is 0 Å². The SMILES string of the molecule is [3H]C(/C=C(\C)CC/C=C(\C)COC(=O)C(=[N+]=[N-])C(F)(F)F)OP(=O)(O)OP(=O)(O)O. The number of hydrogen-bond donors (Lipinski definition) is 3. The fourth-order valence-electron chi connectivity index (χ4n) is 1.53. The van der Waals surface area contributed by atoms with Crippen LogP contribution in [-0.4, -0.2) is 50.5 Å². The van der Waals surface area contributed by atoms with E-state index in [0.717, 1.165) is 6.08 Å². The number of rotatable bonds is 11. The molecular weight excluding hydrogens is 447 g/mol. The van der Waals surface area contributed by atoms with E-state index in [9.17, 15) is 27.1 Å². The van der Waals surface area contributed by atoms with Gasteiger partial charge in [-0.3, -0.25) is 4.52 Å². The fourth-order valence-corrected chi connectivity index (χ4v) is 2.97. The van der Waals surface area contributed by atoms with Crippen molar-refractivity contribution >= 4 is 27.3 Å². The largest absolute Gasteiger partial charge is 0.503 e. The highest BCUT2D eigenvalue weighted by atomic mass is 31.3. The van der Waals surface area contributed by atoms with E-state index in [-0.39, 0.29) is 12.8 Å². The maximum absolute atomic E-state index is 12.4. The molecule has 0 heterocycles. The molecule has 0 aromatic rings. The topological polar surface area (TPSA) is 176 Å². The monoisotopic (exact) mass is 468 g/mol. The summed E-state index contributed by atoms with van der Waals surface area (Å²) in [7, 11) is -10.5. The second-order valence-corrected chi connectivity index (χ2v) is 8.19. The lowest BCUT2D eigenvalue weighted by atomic mass is 10.1. The maximum atomic E-state index is 12.4. The van der Waals surface area contributed by atoms with Crippen molar-refractivity contribution in [3.8, 4) is 0 Å². The lowest BCUT2D eigenvalue weighted by molar-refractivity contribution is -0.153. The van der Waals surface area contributed by atoms with Crippen molar-refractivity contribution in [2.75, 3.05) is 13.2 Å². The van der Waals surface area contributed by atoms with Gasteiger partial charge in [0.25, 0.3) is 0 Å². The highest BCUT2D eigenvalue weighted by molar-refractivity contribution is 7.60. The van der Waals surface area contributed by atoms with E-state index in [2.05, 4.69) is 13.6 Å². The van der Waals surface area contributed by atoms with Crippen molar-refractivity contribution in [2.24, 2.45) is 0 Å². The molecule has 0 spiro atoms. The van der Waals surface area contributed by atoms with E-state index in [1.165, 1.54) is 19.9 Å². The third-order valence-corrected chi connectivity index (χ3v) is 4.84. The van der Waals surface area contributed by atoms with E-state index in [4.69, 9.17) is 21.6 Å². The average Bonchev–Trinajstić information content (AvgIpc) is 2.48. The number of carbonyl (C=O) groups is 1. The van der Waals surface area contributed by atoms with Gasteiger partial charge >= 0.3 is 33.5 Å². The van der Waals surface area contributed by atoms with Crippen LogP contribution in [0.3, 0.4) is 0 Å². The van der Waals surface area contributed by atoms with E-state index >= 15 is 0 Å². The summed E-state index contributed by atoms with van der Waals surface area (Å²) in [5.41, 5.74) is 6.96. The minimum absolute atomic E-state index is 0.255. The molecule has 0 aliphatic heterocycles. The highest BCUT2D eigenvalue weighted by Crippen LogP contribution is 2.57. The first-order valence-corrected chi connectivity index (χ1v) is 10.5. The van der Waals surface area contributed by atoms with Crippen molar-refractivity contribution in [1.29, 1.82) is 0 Å².